The van der Waals surface area contributed by atoms with Gasteiger partial charge in [0.1, 0.15) is 10.2 Å². The Kier molecular flexibility index (Phi) is 3.07. The van der Waals surface area contributed by atoms with Crippen molar-refractivity contribution in [3.63, 3.8) is 0 Å². The van der Waals surface area contributed by atoms with Gasteiger partial charge in [-0.05, 0) is 12.1 Å². The summed E-state index contributed by atoms with van der Waals surface area (Å²) in [6, 6.07) is 3.49. The molecule has 2 N–H and O–H groups in total. The zero-order valence-corrected chi connectivity index (χ0v) is 10.4. The Bertz CT molecular complexity index is 510. The molecule has 0 saturated carbocycles. The molecule has 2 nitrogen and oxygen atoms in total. The van der Waals surface area contributed by atoms with Crippen LogP contribution in [0.5, 0.6) is 0 Å². The van der Waals surface area contributed by atoms with Crippen molar-refractivity contribution in [2.24, 2.45) is 0 Å². The van der Waals surface area contributed by atoms with Gasteiger partial charge in [0.2, 0.25) is 0 Å². The molecule has 0 amide bonds. The second-order valence-corrected chi connectivity index (χ2v) is 5.52. The van der Waals surface area contributed by atoms with Crippen molar-refractivity contribution in [1.29, 1.82) is 0 Å². The third-order valence-corrected chi connectivity index (χ3v) is 3.63. The number of rotatable bonds is 1. The van der Waals surface area contributed by atoms with Crippen LogP contribution in [0.25, 0.3) is 11.1 Å². The van der Waals surface area contributed by atoms with Crippen molar-refractivity contribution >= 4 is 52.0 Å². The number of aromatic nitrogens is 1. The lowest BCUT2D eigenvalue weighted by atomic mass is 10.1. The van der Waals surface area contributed by atoms with Gasteiger partial charge in [0.25, 0.3) is 0 Å². The third-order valence-electron chi connectivity index (χ3n) is 1.84. The summed E-state index contributed by atoms with van der Waals surface area (Å²) in [4.78, 5) is 3.95. The van der Waals surface area contributed by atoms with Crippen LogP contribution in [0.1, 0.15) is 0 Å². The Balaban J connectivity index is 2.54. The summed E-state index contributed by atoms with van der Waals surface area (Å²) in [5, 5.41) is 0.408. The van der Waals surface area contributed by atoms with Crippen molar-refractivity contribution < 1.29 is 0 Å². The monoisotopic (exact) mass is 278 g/mol. The highest BCUT2D eigenvalue weighted by molar-refractivity contribution is 7.20. The van der Waals surface area contributed by atoms with Gasteiger partial charge in [0.15, 0.2) is 0 Å². The third kappa shape index (κ3) is 2.21. The van der Waals surface area contributed by atoms with Crippen LogP contribution >= 0.6 is 46.1 Å². The normalized spacial score (nSPS) is 10.6. The first-order valence-electron chi connectivity index (χ1n) is 3.94. The molecule has 15 heavy (non-hydrogen) atoms. The van der Waals surface area contributed by atoms with Crippen molar-refractivity contribution in [2.75, 3.05) is 5.73 Å². The number of halogens is 3. The van der Waals surface area contributed by atoms with Crippen molar-refractivity contribution in [3.8, 4) is 11.1 Å². The molecule has 78 valence electrons. The molecule has 0 radical (unpaired) electrons. The van der Waals surface area contributed by atoms with Crippen LogP contribution in [-0.4, -0.2) is 4.98 Å². The molecule has 0 saturated heterocycles. The summed E-state index contributed by atoms with van der Waals surface area (Å²) in [6.45, 7) is 0. The fourth-order valence-corrected chi connectivity index (χ4v) is 2.81. The van der Waals surface area contributed by atoms with Gasteiger partial charge in [0, 0.05) is 17.3 Å². The molecule has 0 fully saturated rings. The maximum atomic E-state index is 6.00. The first-order valence-corrected chi connectivity index (χ1v) is 5.89. The van der Waals surface area contributed by atoms with E-state index in [1.165, 1.54) is 11.3 Å². The van der Waals surface area contributed by atoms with E-state index in [2.05, 4.69) is 4.98 Å². The molecule has 2 heterocycles. The standard InChI is InChI=1S/C9H5Cl3N2S/c10-6-1-4(3-14-9(6)13)5-2-7(11)15-8(5)12/h1-3H,(H2,13,14). The Morgan fingerprint density at radius 3 is 2.47 bits per heavy atom. The molecule has 2 rings (SSSR count). The van der Waals surface area contributed by atoms with Gasteiger partial charge in [-0.15, -0.1) is 11.3 Å². The number of nitrogens with two attached hydrogens (primary N) is 1. The van der Waals surface area contributed by atoms with E-state index >= 15 is 0 Å². The molecule has 2 aromatic rings. The second-order valence-electron chi connectivity index (χ2n) is 2.83. The number of nitrogen functional groups attached to an aromatic ring is 1. The molecule has 0 aromatic carbocycles. The number of thiophene rings is 1. The molecule has 2 aromatic heterocycles. The van der Waals surface area contributed by atoms with Gasteiger partial charge in [-0.2, -0.15) is 0 Å². The van der Waals surface area contributed by atoms with Gasteiger partial charge in [-0.25, -0.2) is 4.98 Å². The molecule has 6 heteroatoms. The SMILES string of the molecule is Nc1ncc(-c2cc(Cl)sc2Cl)cc1Cl. The number of hydrogen-bond donors (Lipinski definition) is 1. The Hall–Kier alpha value is -0.480. The zero-order valence-electron chi connectivity index (χ0n) is 7.30. The lowest BCUT2D eigenvalue weighted by Crippen LogP contribution is -1.90. The summed E-state index contributed by atoms with van der Waals surface area (Å²) >= 11 is 19.0. The van der Waals surface area contributed by atoms with E-state index in [9.17, 15) is 0 Å². The summed E-state index contributed by atoms with van der Waals surface area (Å²) < 4.78 is 1.24. The molecule has 0 unspecified atom stereocenters. The lowest BCUT2D eigenvalue weighted by Gasteiger charge is -2.01. The highest BCUT2D eigenvalue weighted by atomic mass is 35.5. The van der Waals surface area contributed by atoms with Crippen molar-refractivity contribution in [2.45, 2.75) is 0 Å². The lowest BCUT2D eigenvalue weighted by molar-refractivity contribution is 1.34. The highest BCUT2D eigenvalue weighted by Crippen LogP contribution is 2.38. The number of hydrogen-bond acceptors (Lipinski definition) is 3. The highest BCUT2D eigenvalue weighted by Gasteiger charge is 2.10. The van der Waals surface area contributed by atoms with E-state index in [1.54, 1.807) is 18.3 Å². The molecular formula is C9H5Cl3N2S. The van der Waals surface area contributed by atoms with E-state index in [0.717, 1.165) is 11.1 Å². The van der Waals surface area contributed by atoms with Gasteiger partial charge in [-0.1, -0.05) is 34.8 Å². The molecule has 0 spiro atoms. The Labute approximate surface area is 106 Å². The number of anilines is 1. The first-order chi connectivity index (χ1) is 7.08. The first kappa shape index (κ1) is 11.0. The van der Waals surface area contributed by atoms with Crippen LogP contribution in [0.3, 0.4) is 0 Å². The summed E-state index contributed by atoms with van der Waals surface area (Å²) in [6.07, 6.45) is 1.62. The van der Waals surface area contributed by atoms with Gasteiger partial charge in [0.05, 0.1) is 9.36 Å². The maximum absolute atomic E-state index is 6.00. The van der Waals surface area contributed by atoms with E-state index in [4.69, 9.17) is 40.5 Å². The van der Waals surface area contributed by atoms with E-state index in [1.807, 2.05) is 0 Å². The van der Waals surface area contributed by atoms with Crippen molar-refractivity contribution in [3.05, 3.63) is 32.0 Å². The predicted molar refractivity (Wildman–Crippen MR) is 67.0 cm³/mol. The quantitative estimate of drug-likeness (QED) is 0.842. The maximum Gasteiger partial charge on any atom is 0.142 e. The smallest absolute Gasteiger partial charge is 0.142 e. The summed E-state index contributed by atoms with van der Waals surface area (Å²) in [5.74, 6) is 0.304. The minimum Gasteiger partial charge on any atom is -0.382 e. The summed E-state index contributed by atoms with van der Waals surface area (Å²) in [7, 11) is 0. The van der Waals surface area contributed by atoms with E-state index < -0.39 is 0 Å². The van der Waals surface area contributed by atoms with E-state index in [0.29, 0.717) is 19.5 Å². The minimum atomic E-state index is 0.304. The fourth-order valence-electron chi connectivity index (χ4n) is 1.13. The molecule has 0 atom stereocenters. The zero-order chi connectivity index (χ0) is 11.0. The number of pyridine rings is 1. The van der Waals surface area contributed by atoms with E-state index in [-0.39, 0.29) is 0 Å². The van der Waals surface area contributed by atoms with Crippen molar-refractivity contribution in [1.82, 2.24) is 4.98 Å². The van der Waals surface area contributed by atoms with Gasteiger partial charge >= 0.3 is 0 Å². The number of nitrogens with zero attached hydrogens (tertiary/aromatic N) is 1. The second kappa shape index (κ2) is 4.18. The Morgan fingerprint density at radius 1 is 1.20 bits per heavy atom. The van der Waals surface area contributed by atoms with Crippen LogP contribution in [0.2, 0.25) is 13.7 Å². The predicted octanol–water partition coefficient (Wildman–Crippen LogP) is 4.35. The van der Waals surface area contributed by atoms with Crippen LogP contribution in [0, 0.1) is 0 Å². The Morgan fingerprint density at radius 2 is 1.93 bits per heavy atom. The van der Waals surface area contributed by atoms with Gasteiger partial charge < -0.3 is 5.73 Å². The van der Waals surface area contributed by atoms with Crippen LogP contribution in [-0.2, 0) is 0 Å². The van der Waals surface area contributed by atoms with Crippen LogP contribution < -0.4 is 5.73 Å². The molecule has 0 bridgehead atoms. The largest absolute Gasteiger partial charge is 0.382 e. The average Bonchev–Trinajstić information content (AvgIpc) is 2.50. The molecule has 0 aliphatic carbocycles. The van der Waals surface area contributed by atoms with Gasteiger partial charge in [-0.3, -0.25) is 0 Å². The molecular weight excluding hydrogens is 275 g/mol. The minimum absolute atomic E-state index is 0.304. The van der Waals surface area contributed by atoms with Crippen LogP contribution in [0.4, 0.5) is 5.82 Å². The van der Waals surface area contributed by atoms with Crippen LogP contribution in [0.15, 0.2) is 18.3 Å². The molecule has 0 aliphatic heterocycles. The summed E-state index contributed by atoms with van der Waals surface area (Å²) in [5.41, 5.74) is 7.14. The molecule has 0 aliphatic rings. The fraction of sp³-hybridized carbons (Fsp3) is 0. The topological polar surface area (TPSA) is 38.9 Å². The average molecular weight is 280 g/mol.